The van der Waals surface area contributed by atoms with E-state index in [-0.39, 0.29) is 0 Å². The van der Waals surface area contributed by atoms with Crippen LogP contribution in [-0.2, 0) is 6.54 Å². The van der Waals surface area contributed by atoms with Gasteiger partial charge in [0.2, 0.25) is 0 Å². The highest BCUT2D eigenvalue weighted by molar-refractivity contribution is 5.39. The fourth-order valence-electron chi connectivity index (χ4n) is 1.96. The van der Waals surface area contributed by atoms with E-state index >= 15 is 0 Å². The van der Waals surface area contributed by atoms with Crippen LogP contribution in [0.25, 0.3) is 0 Å². The number of aryl methyl sites for hydroxylation is 1. The Labute approximate surface area is 115 Å². The Balaban J connectivity index is 2.03. The molecule has 0 unspecified atom stereocenters. The van der Waals surface area contributed by atoms with Crippen LogP contribution in [0.15, 0.2) is 48.5 Å². The predicted molar refractivity (Wildman–Crippen MR) is 79.7 cm³/mol. The first-order chi connectivity index (χ1) is 9.29. The molecule has 0 heterocycles. The fraction of sp³-hybridized carbons (Fsp3) is 0.294. The summed E-state index contributed by atoms with van der Waals surface area (Å²) < 4.78 is 5.87. The van der Waals surface area contributed by atoms with E-state index in [4.69, 9.17) is 4.74 Å². The van der Waals surface area contributed by atoms with Crippen LogP contribution in [0.2, 0.25) is 0 Å². The van der Waals surface area contributed by atoms with Gasteiger partial charge in [0, 0.05) is 6.54 Å². The normalized spacial score (nSPS) is 10.4. The van der Waals surface area contributed by atoms with E-state index in [1.807, 2.05) is 36.4 Å². The molecule has 1 N–H and O–H groups in total. The van der Waals surface area contributed by atoms with E-state index in [9.17, 15) is 0 Å². The van der Waals surface area contributed by atoms with Crippen LogP contribution in [0.4, 0.5) is 0 Å². The summed E-state index contributed by atoms with van der Waals surface area (Å²) in [5, 5.41) is 3.41. The lowest BCUT2D eigenvalue weighted by molar-refractivity contribution is 0.478. The molecule has 0 amide bonds. The van der Waals surface area contributed by atoms with Crippen LogP contribution in [0, 0.1) is 6.92 Å². The molecule has 0 aliphatic carbocycles. The lowest BCUT2D eigenvalue weighted by Gasteiger charge is -2.10. The van der Waals surface area contributed by atoms with Crippen LogP contribution in [0.3, 0.4) is 0 Å². The van der Waals surface area contributed by atoms with Crippen LogP contribution in [0.1, 0.15) is 24.5 Å². The zero-order valence-corrected chi connectivity index (χ0v) is 11.6. The Hall–Kier alpha value is -1.80. The predicted octanol–water partition coefficient (Wildman–Crippen LogP) is 4.29. The highest BCUT2D eigenvalue weighted by atomic mass is 16.5. The first-order valence-electron chi connectivity index (χ1n) is 6.82. The second-order valence-corrected chi connectivity index (χ2v) is 4.69. The quantitative estimate of drug-likeness (QED) is 0.778. The second-order valence-electron chi connectivity index (χ2n) is 4.69. The van der Waals surface area contributed by atoms with Gasteiger partial charge < -0.3 is 10.1 Å². The van der Waals surface area contributed by atoms with Crippen molar-refractivity contribution in [2.24, 2.45) is 0 Å². The summed E-state index contributed by atoms with van der Waals surface area (Å²) in [5.41, 5.74) is 2.46. The van der Waals surface area contributed by atoms with Crippen molar-refractivity contribution in [3.63, 3.8) is 0 Å². The largest absolute Gasteiger partial charge is 0.457 e. The molecule has 2 aromatic rings. The molecule has 100 valence electrons. The van der Waals surface area contributed by atoms with Crippen molar-refractivity contribution in [2.45, 2.75) is 26.8 Å². The number of hydrogen-bond acceptors (Lipinski definition) is 2. The molecule has 2 aromatic carbocycles. The van der Waals surface area contributed by atoms with Crippen molar-refractivity contribution in [2.75, 3.05) is 6.54 Å². The van der Waals surface area contributed by atoms with E-state index in [1.165, 1.54) is 11.1 Å². The molecule has 0 aromatic heterocycles. The van der Waals surface area contributed by atoms with E-state index in [2.05, 4.69) is 31.3 Å². The molecule has 0 fully saturated rings. The van der Waals surface area contributed by atoms with E-state index < -0.39 is 0 Å². The average Bonchev–Trinajstić information content (AvgIpc) is 2.43. The van der Waals surface area contributed by atoms with Gasteiger partial charge in [-0.25, -0.2) is 0 Å². The van der Waals surface area contributed by atoms with Crippen LogP contribution < -0.4 is 10.1 Å². The smallest absolute Gasteiger partial charge is 0.130 e. The van der Waals surface area contributed by atoms with Gasteiger partial charge >= 0.3 is 0 Å². The Morgan fingerprint density at radius 3 is 2.53 bits per heavy atom. The SMILES string of the molecule is CCCNCc1ccc(Oc2ccccc2)c(C)c1. The Kier molecular flexibility index (Phi) is 4.99. The molecule has 2 heteroatoms. The molecule has 0 spiro atoms. The third kappa shape index (κ3) is 4.11. The maximum atomic E-state index is 5.87. The summed E-state index contributed by atoms with van der Waals surface area (Å²) in [4.78, 5) is 0. The third-order valence-corrected chi connectivity index (χ3v) is 2.97. The molecule has 2 nitrogen and oxygen atoms in total. The van der Waals surface area contributed by atoms with Crippen molar-refractivity contribution in [3.05, 3.63) is 59.7 Å². The highest BCUT2D eigenvalue weighted by Crippen LogP contribution is 2.25. The molecule has 0 aliphatic heterocycles. The first-order valence-corrected chi connectivity index (χ1v) is 6.82. The fourth-order valence-corrected chi connectivity index (χ4v) is 1.96. The van der Waals surface area contributed by atoms with E-state index in [1.54, 1.807) is 0 Å². The van der Waals surface area contributed by atoms with Gasteiger partial charge in [0.1, 0.15) is 11.5 Å². The molecular formula is C17H21NO. The molecular weight excluding hydrogens is 234 g/mol. The minimum atomic E-state index is 0.877. The standard InChI is InChI=1S/C17H21NO/c1-3-11-18-13-15-9-10-17(14(2)12-15)19-16-7-5-4-6-8-16/h4-10,12,18H,3,11,13H2,1-2H3. The highest BCUT2D eigenvalue weighted by Gasteiger charge is 2.02. The van der Waals surface area contributed by atoms with Crippen LogP contribution in [-0.4, -0.2) is 6.54 Å². The van der Waals surface area contributed by atoms with Crippen molar-refractivity contribution < 1.29 is 4.74 Å². The Morgan fingerprint density at radius 1 is 1.05 bits per heavy atom. The maximum absolute atomic E-state index is 5.87. The van der Waals surface area contributed by atoms with Crippen molar-refractivity contribution in [1.29, 1.82) is 0 Å². The minimum Gasteiger partial charge on any atom is -0.457 e. The van der Waals surface area contributed by atoms with Crippen molar-refractivity contribution in [1.82, 2.24) is 5.32 Å². The zero-order chi connectivity index (χ0) is 13.5. The van der Waals surface area contributed by atoms with Gasteiger partial charge in [0.15, 0.2) is 0 Å². The lowest BCUT2D eigenvalue weighted by Crippen LogP contribution is -2.13. The number of nitrogens with one attached hydrogen (secondary N) is 1. The molecule has 0 saturated heterocycles. The summed E-state index contributed by atoms with van der Waals surface area (Å²) >= 11 is 0. The zero-order valence-electron chi connectivity index (χ0n) is 11.6. The molecule has 0 saturated carbocycles. The number of hydrogen-bond donors (Lipinski definition) is 1. The van der Waals surface area contributed by atoms with Gasteiger partial charge in [0.05, 0.1) is 0 Å². The summed E-state index contributed by atoms with van der Waals surface area (Å²) in [6.45, 7) is 6.23. The third-order valence-electron chi connectivity index (χ3n) is 2.97. The van der Waals surface area contributed by atoms with Crippen LogP contribution >= 0.6 is 0 Å². The summed E-state index contributed by atoms with van der Waals surface area (Å²) in [7, 11) is 0. The van der Waals surface area contributed by atoms with Gasteiger partial charge in [0.25, 0.3) is 0 Å². The number of ether oxygens (including phenoxy) is 1. The van der Waals surface area contributed by atoms with Crippen LogP contribution in [0.5, 0.6) is 11.5 Å². The summed E-state index contributed by atoms with van der Waals surface area (Å²) in [6.07, 6.45) is 1.16. The van der Waals surface area contributed by atoms with Gasteiger partial charge in [-0.1, -0.05) is 37.3 Å². The molecule has 0 bridgehead atoms. The molecule has 2 rings (SSSR count). The Morgan fingerprint density at radius 2 is 1.84 bits per heavy atom. The van der Waals surface area contributed by atoms with Gasteiger partial charge in [-0.3, -0.25) is 0 Å². The monoisotopic (exact) mass is 255 g/mol. The Bertz CT molecular complexity index is 508. The minimum absolute atomic E-state index is 0.877. The first kappa shape index (κ1) is 13.6. The molecule has 0 atom stereocenters. The summed E-state index contributed by atoms with van der Waals surface area (Å²) in [6, 6.07) is 16.2. The van der Waals surface area contributed by atoms with Crippen molar-refractivity contribution in [3.8, 4) is 11.5 Å². The number of para-hydroxylation sites is 1. The van der Waals surface area contributed by atoms with Crippen molar-refractivity contribution >= 4 is 0 Å². The second kappa shape index (κ2) is 6.95. The number of benzene rings is 2. The van der Waals surface area contributed by atoms with Gasteiger partial charge in [-0.05, 0) is 49.2 Å². The number of rotatable bonds is 6. The molecule has 0 radical (unpaired) electrons. The molecule has 19 heavy (non-hydrogen) atoms. The average molecular weight is 255 g/mol. The van der Waals surface area contributed by atoms with Gasteiger partial charge in [-0.2, -0.15) is 0 Å². The topological polar surface area (TPSA) is 21.3 Å². The van der Waals surface area contributed by atoms with E-state index in [0.717, 1.165) is 31.0 Å². The lowest BCUT2D eigenvalue weighted by atomic mass is 10.1. The van der Waals surface area contributed by atoms with E-state index in [0.29, 0.717) is 0 Å². The maximum Gasteiger partial charge on any atom is 0.130 e. The molecule has 0 aliphatic rings. The van der Waals surface area contributed by atoms with Gasteiger partial charge in [-0.15, -0.1) is 0 Å². The summed E-state index contributed by atoms with van der Waals surface area (Å²) in [5.74, 6) is 1.80.